The Balaban J connectivity index is 2.47. The van der Waals surface area contributed by atoms with Crippen molar-refractivity contribution in [2.24, 2.45) is 5.92 Å². The number of carboxylic acids is 1. The molecular formula is C29H45NO9. The molecule has 1 aliphatic rings. The maximum Gasteiger partial charge on any atom is 0.341 e. The summed E-state index contributed by atoms with van der Waals surface area (Å²) in [7, 11) is 2.15. The molecule has 3 atom stereocenters. The molecule has 3 N–H and O–H groups in total. The lowest BCUT2D eigenvalue weighted by Crippen LogP contribution is -2.63. The van der Waals surface area contributed by atoms with Gasteiger partial charge in [0.2, 0.25) is 11.5 Å². The molecule has 0 aliphatic carbocycles. The van der Waals surface area contributed by atoms with Crippen LogP contribution in [0.3, 0.4) is 0 Å². The van der Waals surface area contributed by atoms with E-state index in [-0.39, 0.29) is 24.8 Å². The Bertz CT molecular complexity index is 979. The van der Waals surface area contributed by atoms with Crippen LogP contribution in [-0.4, -0.2) is 82.5 Å². The largest absolute Gasteiger partial charge is 0.480 e. The molecule has 0 bridgehead atoms. The van der Waals surface area contributed by atoms with Crippen LogP contribution >= 0.6 is 0 Å². The number of esters is 2. The molecular weight excluding hydrogens is 506 g/mol. The number of nitrogens with zero attached hydrogens (tertiary/aromatic N) is 1. The van der Waals surface area contributed by atoms with E-state index < -0.39 is 29.1 Å². The lowest BCUT2D eigenvalue weighted by Gasteiger charge is -2.37. The number of amides is 1. The molecule has 0 aromatic carbocycles. The van der Waals surface area contributed by atoms with E-state index in [0.29, 0.717) is 31.4 Å². The average Bonchev–Trinajstić information content (AvgIpc) is 3.20. The van der Waals surface area contributed by atoms with Crippen LogP contribution in [0.1, 0.15) is 79.1 Å². The van der Waals surface area contributed by atoms with Crippen LogP contribution in [0.25, 0.3) is 0 Å². The highest BCUT2D eigenvalue weighted by Gasteiger charge is 2.58. The minimum atomic E-state index is -2.45. The molecule has 1 aliphatic heterocycles. The number of rotatable bonds is 17. The fourth-order valence-corrected chi connectivity index (χ4v) is 4.66. The Morgan fingerprint density at radius 2 is 1.62 bits per heavy atom. The van der Waals surface area contributed by atoms with Gasteiger partial charge in [0.1, 0.15) is 6.54 Å². The second-order valence-corrected chi connectivity index (χ2v) is 10.6. The van der Waals surface area contributed by atoms with Crippen LogP contribution in [0.4, 0.5) is 0 Å². The third-order valence-electron chi connectivity index (χ3n) is 7.20. The van der Waals surface area contributed by atoms with Gasteiger partial charge in [0.25, 0.3) is 0 Å². The van der Waals surface area contributed by atoms with Crippen LogP contribution in [-0.2, 0) is 28.7 Å². The van der Waals surface area contributed by atoms with Crippen LogP contribution in [0.5, 0.6) is 0 Å². The fourth-order valence-electron chi connectivity index (χ4n) is 4.66. The van der Waals surface area contributed by atoms with Crippen molar-refractivity contribution in [2.45, 2.75) is 90.3 Å². The number of aliphatic carboxylic acids is 1. The summed E-state index contributed by atoms with van der Waals surface area (Å²) < 4.78 is 9.23. The van der Waals surface area contributed by atoms with Gasteiger partial charge in [-0.1, -0.05) is 36.3 Å². The maximum absolute atomic E-state index is 12.3. The van der Waals surface area contributed by atoms with Gasteiger partial charge in [-0.15, -0.1) is 0 Å². The first-order valence-electron chi connectivity index (χ1n) is 13.3. The van der Waals surface area contributed by atoms with Gasteiger partial charge >= 0.3 is 17.9 Å². The molecule has 1 amide bonds. The van der Waals surface area contributed by atoms with Crippen LogP contribution < -0.4 is 0 Å². The van der Waals surface area contributed by atoms with E-state index in [1.54, 1.807) is 6.08 Å². The summed E-state index contributed by atoms with van der Waals surface area (Å²) in [6, 6.07) is 0. The summed E-state index contributed by atoms with van der Waals surface area (Å²) in [5, 5.41) is 30.4. The van der Waals surface area contributed by atoms with Gasteiger partial charge < -0.3 is 29.7 Å². The van der Waals surface area contributed by atoms with Crippen molar-refractivity contribution < 1.29 is 44.0 Å². The second kappa shape index (κ2) is 15.6. The third-order valence-corrected chi connectivity index (χ3v) is 7.20. The van der Waals surface area contributed by atoms with Gasteiger partial charge in [-0.25, -0.2) is 9.59 Å². The molecule has 0 saturated carbocycles. The van der Waals surface area contributed by atoms with E-state index in [4.69, 9.17) is 5.11 Å². The summed E-state index contributed by atoms with van der Waals surface area (Å²) in [6.45, 7) is 7.08. The third kappa shape index (κ3) is 9.93. The average molecular weight is 552 g/mol. The van der Waals surface area contributed by atoms with E-state index >= 15 is 0 Å². The van der Waals surface area contributed by atoms with Gasteiger partial charge in [0.05, 0.1) is 14.2 Å². The SMILES string of the molecule is COC(=O)C(C)(O)[C@](O)(C[C@H](C)CC/C=C(/C)CCC/C(C)=C/CCC1=CCN(CC(=O)O)C1=O)C(=O)OC. The molecule has 10 nitrogen and oxygen atoms in total. The summed E-state index contributed by atoms with van der Waals surface area (Å²) in [6.07, 6.45) is 11.4. The van der Waals surface area contributed by atoms with Crippen LogP contribution in [0.15, 0.2) is 34.9 Å². The molecule has 0 saturated heterocycles. The summed E-state index contributed by atoms with van der Waals surface area (Å²) in [5.41, 5.74) is -1.75. The smallest absolute Gasteiger partial charge is 0.341 e. The molecule has 10 heteroatoms. The maximum atomic E-state index is 12.3. The molecule has 0 spiro atoms. The van der Waals surface area contributed by atoms with Gasteiger partial charge in [-0.3, -0.25) is 9.59 Å². The Hall–Kier alpha value is -2.98. The number of hydrogen-bond donors (Lipinski definition) is 3. The topological polar surface area (TPSA) is 151 Å². The molecule has 220 valence electrons. The minimum absolute atomic E-state index is 0.168. The molecule has 0 radical (unpaired) electrons. The standard InChI is InChI=1S/C29H45NO9/c1-20(10-7-11-21(2)13-9-15-23-16-17-30(25(23)33)19-24(31)32)12-8-14-22(3)18-29(37,27(35)39-6)28(4,36)26(34)38-5/h12-13,16,22,36-37H,7-11,14-15,17-19H2,1-6H3,(H,31,32)/b20-12-,21-13+/t22-,28?,29+/m1/s1. The number of aliphatic hydroxyl groups is 2. The first kappa shape index (κ1) is 34.0. The number of allylic oxidation sites excluding steroid dienone is 4. The highest BCUT2D eigenvalue weighted by molar-refractivity contribution is 5.97. The van der Waals surface area contributed by atoms with E-state index in [1.165, 1.54) is 16.0 Å². The predicted molar refractivity (Wildman–Crippen MR) is 146 cm³/mol. The van der Waals surface area contributed by atoms with E-state index in [0.717, 1.165) is 46.8 Å². The molecule has 0 fully saturated rings. The van der Waals surface area contributed by atoms with Gasteiger partial charge in [0.15, 0.2) is 5.60 Å². The number of methoxy groups -OCH3 is 2. The molecule has 0 aromatic heterocycles. The second-order valence-electron chi connectivity index (χ2n) is 10.6. The first-order chi connectivity index (χ1) is 18.2. The molecule has 1 heterocycles. The highest BCUT2D eigenvalue weighted by Crippen LogP contribution is 2.33. The van der Waals surface area contributed by atoms with Crippen molar-refractivity contribution in [3.8, 4) is 0 Å². The first-order valence-corrected chi connectivity index (χ1v) is 13.3. The van der Waals surface area contributed by atoms with Crippen molar-refractivity contribution >= 4 is 23.8 Å². The monoisotopic (exact) mass is 551 g/mol. The van der Waals surface area contributed by atoms with Gasteiger partial charge in [-0.05, 0) is 78.1 Å². The molecule has 39 heavy (non-hydrogen) atoms. The van der Waals surface area contributed by atoms with Crippen LogP contribution in [0, 0.1) is 5.92 Å². The number of hydrogen-bond acceptors (Lipinski definition) is 8. The molecule has 1 unspecified atom stereocenters. The quantitative estimate of drug-likeness (QED) is 0.183. The highest BCUT2D eigenvalue weighted by atomic mass is 16.6. The number of ether oxygens (including phenoxy) is 2. The van der Waals surface area contributed by atoms with E-state index in [1.807, 2.05) is 6.92 Å². The van der Waals surface area contributed by atoms with Crippen molar-refractivity contribution in [3.63, 3.8) is 0 Å². The summed E-state index contributed by atoms with van der Waals surface area (Å²) >= 11 is 0. The zero-order valence-electron chi connectivity index (χ0n) is 24.1. The lowest BCUT2D eigenvalue weighted by atomic mass is 9.77. The van der Waals surface area contributed by atoms with Crippen molar-refractivity contribution in [3.05, 3.63) is 34.9 Å². The predicted octanol–water partition coefficient (Wildman–Crippen LogP) is 3.32. The fraction of sp³-hybridized carbons (Fsp3) is 0.655. The van der Waals surface area contributed by atoms with Crippen LogP contribution in [0.2, 0.25) is 0 Å². The Morgan fingerprint density at radius 3 is 2.15 bits per heavy atom. The lowest BCUT2D eigenvalue weighted by molar-refractivity contribution is -0.210. The van der Waals surface area contributed by atoms with E-state index in [9.17, 15) is 29.4 Å². The Kier molecular flexibility index (Phi) is 13.6. The van der Waals surface area contributed by atoms with Crippen molar-refractivity contribution in [2.75, 3.05) is 27.3 Å². The normalized spacial score (nSPS) is 18.2. The number of carbonyl (C=O) groups is 4. The number of carboxylic acid groups (broad SMARTS) is 1. The van der Waals surface area contributed by atoms with Crippen molar-refractivity contribution in [1.29, 1.82) is 0 Å². The Labute approximate surface area is 231 Å². The van der Waals surface area contributed by atoms with Gasteiger partial charge in [0, 0.05) is 12.1 Å². The molecule has 0 aromatic rings. The summed E-state index contributed by atoms with van der Waals surface area (Å²) in [5.74, 6) is -3.61. The van der Waals surface area contributed by atoms with Crippen molar-refractivity contribution in [1.82, 2.24) is 4.90 Å². The number of carbonyl (C=O) groups excluding carboxylic acids is 3. The Morgan fingerprint density at radius 1 is 1.05 bits per heavy atom. The zero-order chi connectivity index (χ0) is 29.8. The van der Waals surface area contributed by atoms with E-state index in [2.05, 4.69) is 35.5 Å². The van der Waals surface area contributed by atoms with Gasteiger partial charge in [-0.2, -0.15) is 0 Å². The zero-order valence-corrected chi connectivity index (χ0v) is 24.1. The molecule has 1 rings (SSSR count). The summed E-state index contributed by atoms with van der Waals surface area (Å²) in [4.78, 5) is 48.6. The minimum Gasteiger partial charge on any atom is -0.480 e.